The zero-order valence-electron chi connectivity index (χ0n) is 18.6. The topological polar surface area (TPSA) is 93.0 Å². The van der Waals surface area contributed by atoms with Crippen molar-refractivity contribution < 1.29 is 14.0 Å². The fraction of sp³-hybridized carbons (Fsp3) is 0.375. The normalized spacial score (nSPS) is 19.0. The Morgan fingerprint density at radius 3 is 2.45 bits per heavy atom. The van der Waals surface area contributed by atoms with Crippen LogP contribution in [0.2, 0.25) is 0 Å². The van der Waals surface area contributed by atoms with Gasteiger partial charge in [0.25, 0.3) is 0 Å². The number of alkyl halides is 1. The van der Waals surface area contributed by atoms with Crippen LogP contribution in [0.5, 0.6) is 0 Å². The van der Waals surface area contributed by atoms with Gasteiger partial charge < -0.3 is 14.8 Å². The summed E-state index contributed by atoms with van der Waals surface area (Å²) in [5.74, 6) is -0.428. The molecule has 9 heteroatoms. The minimum absolute atomic E-state index is 0.0407. The summed E-state index contributed by atoms with van der Waals surface area (Å²) < 4.78 is 15.8. The maximum Gasteiger partial charge on any atom is 0.243 e. The molecule has 0 saturated carbocycles. The molecule has 0 bridgehead atoms. The van der Waals surface area contributed by atoms with Crippen molar-refractivity contribution in [3.05, 3.63) is 78.1 Å². The van der Waals surface area contributed by atoms with Crippen LogP contribution in [0, 0.1) is 0 Å². The molecule has 0 radical (unpaired) electrons. The molecule has 1 N–H and O–H groups in total. The Balaban J connectivity index is 1.56. The summed E-state index contributed by atoms with van der Waals surface area (Å²) in [6.07, 6.45) is 3.33. The molecule has 1 fully saturated rings. The van der Waals surface area contributed by atoms with E-state index >= 15 is 0 Å². The Hall–Kier alpha value is -3.62. The van der Waals surface area contributed by atoms with Gasteiger partial charge in [0.1, 0.15) is 31.4 Å². The van der Waals surface area contributed by atoms with Crippen LogP contribution in [-0.4, -0.2) is 55.2 Å². The first-order chi connectivity index (χ1) is 15.9. The Bertz CT molecular complexity index is 1070. The molecule has 2 amide bonds. The minimum Gasteiger partial charge on any atom is -0.342 e. The number of aromatic nitrogens is 4. The Morgan fingerprint density at radius 1 is 1.09 bits per heavy atom. The quantitative estimate of drug-likeness (QED) is 0.597. The lowest BCUT2D eigenvalue weighted by Gasteiger charge is -2.26. The highest BCUT2D eigenvalue weighted by Gasteiger charge is 2.40. The summed E-state index contributed by atoms with van der Waals surface area (Å²) in [5, 5.41) is 10.4. The molecule has 3 heterocycles. The molecule has 3 aromatic rings. The number of carbonyl (C=O) groups is 2. The molecule has 1 aromatic carbocycles. The number of likely N-dealkylation sites (tertiary alicyclic amines) is 1. The van der Waals surface area contributed by atoms with E-state index in [0.717, 1.165) is 11.1 Å². The van der Waals surface area contributed by atoms with Crippen LogP contribution in [0.1, 0.15) is 49.0 Å². The van der Waals surface area contributed by atoms with Gasteiger partial charge >= 0.3 is 0 Å². The number of benzene rings is 1. The van der Waals surface area contributed by atoms with Crippen LogP contribution in [0.25, 0.3) is 0 Å². The number of nitrogens with zero attached hydrogens (tertiary/aromatic N) is 5. The summed E-state index contributed by atoms with van der Waals surface area (Å²) in [4.78, 5) is 32.0. The van der Waals surface area contributed by atoms with E-state index in [0.29, 0.717) is 11.6 Å². The van der Waals surface area contributed by atoms with Crippen molar-refractivity contribution in [2.24, 2.45) is 0 Å². The third-order valence-electron chi connectivity index (χ3n) is 5.85. The van der Waals surface area contributed by atoms with Crippen LogP contribution < -0.4 is 5.32 Å². The predicted octanol–water partition coefficient (Wildman–Crippen LogP) is 2.64. The molecule has 4 rings (SSSR count). The van der Waals surface area contributed by atoms with Gasteiger partial charge in [-0.05, 0) is 23.1 Å². The zero-order chi connectivity index (χ0) is 23.4. The highest BCUT2D eigenvalue weighted by molar-refractivity contribution is 5.88. The first kappa shape index (κ1) is 22.6. The van der Waals surface area contributed by atoms with E-state index in [9.17, 15) is 14.0 Å². The van der Waals surface area contributed by atoms with Crippen molar-refractivity contribution in [2.45, 2.75) is 51.0 Å². The smallest absolute Gasteiger partial charge is 0.243 e. The van der Waals surface area contributed by atoms with Gasteiger partial charge in [0.2, 0.25) is 11.8 Å². The van der Waals surface area contributed by atoms with Gasteiger partial charge in [0.15, 0.2) is 0 Å². The molecule has 172 valence electrons. The standard InChI is InChI=1S/C24H27FN6O2/c1-16(2)18-8-9-20(26-11-18)23(17-6-4-3-5-7-17)29-24(33)21-10-19(25)12-31(21)22(32)13-30-14-27-28-15-30/h3-9,11,14-16,19,21,23H,10,12-13H2,1-2H3,(H,29,33). The summed E-state index contributed by atoms with van der Waals surface area (Å²) in [7, 11) is 0. The maximum absolute atomic E-state index is 14.3. The number of carbonyl (C=O) groups excluding carboxylic acids is 2. The van der Waals surface area contributed by atoms with Crippen LogP contribution in [-0.2, 0) is 16.1 Å². The third kappa shape index (κ3) is 5.24. The van der Waals surface area contributed by atoms with Gasteiger partial charge in [-0.1, -0.05) is 50.2 Å². The van der Waals surface area contributed by atoms with Gasteiger partial charge in [-0.15, -0.1) is 10.2 Å². The second kappa shape index (κ2) is 9.89. The fourth-order valence-corrected chi connectivity index (χ4v) is 4.00. The molecule has 1 aliphatic heterocycles. The van der Waals surface area contributed by atoms with E-state index in [-0.39, 0.29) is 25.4 Å². The number of halogens is 1. The number of nitrogens with one attached hydrogen (secondary N) is 1. The van der Waals surface area contributed by atoms with E-state index in [2.05, 4.69) is 34.3 Å². The maximum atomic E-state index is 14.3. The summed E-state index contributed by atoms with van der Waals surface area (Å²) in [5.41, 5.74) is 2.63. The lowest BCUT2D eigenvalue weighted by atomic mass is 10.00. The number of amides is 2. The molecule has 2 aromatic heterocycles. The van der Waals surface area contributed by atoms with E-state index in [4.69, 9.17) is 0 Å². The lowest BCUT2D eigenvalue weighted by Crippen LogP contribution is -2.48. The molecule has 1 aliphatic rings. The van der Waals surface area contributed by atoms with Gasteiger partial charge in [0, 0.05) is 12.6 Å². The Labute approximate surface area is 191 Å². The van der Waals surface area contributed by atoms with E-state index in [1.54, 1.807) is 0 Å². The van der Waals surface area contributed by atoms with Crippen LogP contribution in [0.15, 0.2) is 61.3 Å². The Kier molecular flexibility index (Phi) is 6.76. The molecule has 0 aliphatic carbocycles. The highest BCUT2D eigenvalue weighted by atomic mass is 19.1. The first-order valence-electron chi connectivity index (χ1n) is 11.0. The number of hydrogen-bond acceptors (Lipinski definition) is 5. The minimum atomic E-state index is -1.26. The van der Waals surface area contributed by atoms with Crippen molar-refractivity contribution in [3.8, 4) is 0 Å². The molecular weight excluding hydrogens is 423 g/mol. The van der Waals surface area contributed by atoms with E-state index in [1.807, 2.05) is 48.7 Å². The van der Waals surface area contributed by atoms with Crippen molar-refractivity contribution in [1.29, 1.82) is 0 Å². The Morgan fingerprint density at radius 2 is 1.82 bits per heavy atom. The molecule has 3 unspecified atom stereocenters. The third-order valence-corrected chi connectivity index (χ3v) is 5.85. The number of rotatable bonds is 7. The van der Waals surface area contributed by atoms with Gasteiger partial charge in [-0.3, -0.25) is 14.6 Å². The van der Waals surface area contributed by atoms with Crippen LogP contribution in [0.4, 0.5) is 4.39 Å². The predicted molar refractivity (Wildman–Crippen MR) is 120 cm³/mol. The highest BCUT2D eigenvalue weighted by Crippen LogP contribution is 2.26. The van der Waals surface area contributed by atoms with Crippen molar-refractivity contribution >= 4 is 11.8 Å². The van der Waals surface area contributed by atoms with Crippen LogP contribution >= 0.6 is 0 Å². The summed E-state index contributed by atoms with van der Waals surface area (Å²) in [6.45, 7) is 4.01. The van der Waals surface area contributed by atoms with Crippen molar-refractivity contribution in [1.82, 2.24) is 30.0 Å². The average Bonchev–Trinajstić information content (AvgIpc) is 3.47. The summed E-state index contributed by atoms with van der Waals surface area (Å²) in [6, 6.07) is 12.0. The second-order valence-electron chi connectivity index (χ2n) is 8.55. The van der Waals surface area contributed by atoms with Crippen molar-refractivity contribution in [2.75, 3.05) is 6.54 Å². The summed E-state index contributed by atoms with van der Waals surface area (Å²) >= 11 is 0. The van der Waals surface area contributed by atoms with E-state index in [1.165, 1.54) is 22.1 Å². The molecule has 3 atom stereocenters. The zero-order valence-corrected chi connectivity index (χ0v) is 18.6. The average molecular weight is 451 g/mol. The second-order valence-corrected chi connectivity index (χ2v) is 8.55. The van der Waals surface area contributed by atoms with Crippen molar-refractivity contribution in [3.63, 3.8) is 0 Å². The van der Waals surface area contributed by atoms with Crippen LogP contribution in [0.3, 0.4) is 0 Å². The van der Waals surface area contributed by atoms with Gasteiger partial charge in [0.05, 0.1) is 18.3 Å². The number of pyridine rings is 1. The largest absolute Gasteiger partial charge is 0.342 e. The molecular formula is C24H27FN6O2. The monoisotopic (exact) mass is 450 g/mol. The lowest BCUT2D eigenvalue weighted by molar-refractivity contribution is -0.139. The molecule has 0 spiro atoms. The SMILES string of the molecule is CC(C)c1ccc(C(NC(=O)C2CC(F)CN2C(=O)Cn2cnnc2)c2ccccc2)nc1. The molecule has 33 heavy (non-hydrogen) atoms. The molecule has 8 nitrogen and oxygen atoms in total. The van der Waals surface area contributed by atoms with Gasteiger partial charge in [-0.25, -0.2) is 4.39 Å². The van der Waals surface area contributed by atoms with E-state index < -0.39 is 24.2 Å². The fourth-order valence-electron chi connectivity index (χ4n) is 4.00. The molecule has 1 saturated heterocycles. The first-order valence-corrected chi connectivity index (χ1v) is 11.0. The number of hydrogen-bond donors (Lipinski definition) is 1. The van der Waals surface area contributed by atoms with Gasteiger partial charge in [-0.2, -0.15) is 0 Å².